The quantitative estimate of drug-likeness (QED) is 0.441. The number of hydrogen-bond donors (Lipinski definition) is 3. The number of carbonyl (C=O) groups excluding carboxylic acids is 1. The number of nitrogens with two attached hydrogens (primary N) is 2. The molecule has 8 heteroatoms. The second-order valence-electron chi connectivity index (χ2n) is 5.86. The van der Waals surface area contributed by atoms with E-state index in [1.807, 2.05) is 43.3 Å². The summed E-state index contributed by atoms with van der Waals surface area (Å²) >= 11 is 7.33. The van der Waals surface area contributed by atoms with E-state index >= 15 is 0 Å². The third-order valence-electron chi connectivity index (χ3n) is 3.75. The van der Waals surface area contributed by atoms with Crippen molar-refractivity contribution < 1.29 is 4.79 Å². The van der Waals surface area contributed by atoms with Crippen LogP contribution in [0.25, 0.3) is 0 Å². The minimum Gasteiger partial charge on any atom is -0.383 e. The molecule has 0 saturated heterocycles. The average molecular weight is 400 g/mol. The van der Waals surface area contributed by atoms with E-state index in [1.165, 1.54) is 17.8 Å². The van der Waals surface area contributed by atoms with Gasteiger partial charge >= 0.3 is 0 Å². The smallest absolute Gasteiger partial charge is 0.242 e. The number of amides is 1. The Hall–Kier alpha value is -2.77. The fourth-order valence-electron chi connectivity index (χ4n) is 2.40. The molecule has 0 unspecified atom stereocenters. The lowest BCUT2D eigenvalue weighted by molar-refractivity contribution is -0.115. The summed E-state index contributed by atoms with van der Waals surface area (Å²) in [4.78, 5) is 21.3. The summed E-state index contributed by atoms with van der Waals surface area (Å²) in [6.07, 6.45) is 0. The molecule has 27 heavy (non-hydrogen) atoms. The minimum absolute atomic E-state index is 0.226. The van der Waals surface area contributed by atoms with Crippen LogP contribution in [0.5, 0.6) is 0 Å². The van der Waals surface area contributed by atoms with Crippen LogP contribution in [0.2, 0.25) is 5.02 Å². The highest BCUT2D eigenvalue weighted by molar-refractivity contribution is 8.00. The van der Waals surface area contributed by atoms with Gasteiger partial charge in [0.1, 0.15) is 16.9 Å². The lowest BCUT2D eigenvalue weighted by atomic mass is 10.1. The Labute approximate surface area is 166 Å². The van der Waals surface area contributed by atoms with Crippen molar-refractivity contribution in [1.82, 2.24) is 9.97 Å². The van der Waals surface area contributed by atoms with Crippen molar-refractivity contribution in [1.29, 1.82) is 0 Å². The van der Waals surface area contributed by atoms with E-state index in [2.05, 4.69) is 15.3 Å². The van der Waals surface area contributed by atoms with Crippen LogP contribution in [0.3, 0.4) is 0 Å². The number of thioether (sulfide) groups is 1. The summed E-state index contributed by atoms with van der Waals surface area (Å²) in [5.74, 6) is 0.279. The molecule has 2 aromatic carbocycles. The Balaban J connectivity index is 1.89. The van der Waals surface area contributed by atoms with Gasteiger partial charge < -0.3 is 16.8 Å². The third-order valence-corrected chi connectivity index (χ3v) is 5.27. The van der Waals surface area contributed by atoms with Gasteiger partial charge in [-0.05, 0) is 30.2 Å². The molecule has 3 aromatic rings. The largest absolute Gasteiger partial charge is 0.383 e. The molecule has 0 radical (unpaired) electrons. The van der Waals surface area contributed by atoms with Gasteiger partial charge in [0.05, 0.1) is 0 Å². The van der Waals surface area contributed by atoms with E-state index < -0.39 is 5.25 Å². The lowest BCUT2D eigenvalue weighted by Crippen LogP contribution is -2.19. The maximum atomic E-state index is 13.0. The SMILES string of the molecule is Cc1ccc(NC(=O)[C@@H](Sc2nc(N)cc(N)n2)c2ccccc2)cc1Cl. The maximum Gasteiger partial charge on any atom is 0.242 e. The molecule has 1 heterocycles. The average Bonchev–Trinajstić information content (AvgIpc) is 2.62. The highest BCUT2D eigenvalue weighted by Gasteiger charge is 2.24. The normalized spacial score (nSPS) is 11.8. The predicted octanol–water partition coefficient (Wildman–Crippen LogP) is 4.07. The van der Waals surface area contributed by atoms with E-state index in [0.717, 1.165) is 11.1 Å². The van der Waals surface area contributed by atoms with Crippen molar-refractivity contribution in [3.05, 3.63) is 70.7 Å². The van der Waals surface area contributed by atoms with Gasteiger partial charge in [0, 0.05) is 16.8 Å². The number of anilines is 3. The van der Waals surface area contributed by atoms with E-state index in [0.29, 0.717) is 15.9 Å². The van der Waals surface area contributed by atoms with Crippen molar-refractivity contribution in [2.24, 2.45) is 0 Å². The van der Waals surface area contributed by atoms with Crippen LogP contribution in [0, 0.1) is 6.92 Å². The first-order chi connectivity index (χ1) is 12.9. The summed E-state index contributed by atoms with van der Waals surface area (Å²) in [5.41, 5.74) is 13.9. The molecule has 0 fully saturated rings. The van der Waals surface area contributed by atoms with Crippen LogP contribution in [0.4, 0.5) is 17.3 Å². The molecular formula is C19H18ClN5OS. The molecule has 5 N–H and O–H groups in total. The van der Waals surface area contributed by atoms with Crippen LogP contribution < -0.4 is 16.8 Å². The van der Waals surface area contributed by atoms with E-state index in [9.17, 15) is 4.79 Å². The fraction of sp³-hybridized carbons (Fsp3) is 0.105. The summed E-state index contributed by atoms with van der Waals surface area (Å²) < 4.78 is 0. The molecule has 138 valence electrons. The summed E-state index contributed by atoms with van der Waals surface area (Å²) in [7, 11) is 0. The monoisotopic (exact) mass is 399 g/mol. The van der Waals surface area contributed by atoms with Crippen molar-refractivity contribution in [3.63, 3.8) is 0 Å². The van der Waals surface area contributed by atoms with Crippen LogP contribution in [-0.4, -0.2) is 15.9 Å². The Kier molecular flexibility index (Phi) is 5.83. The fourth-order valence-corrected chi connectivity index (χ4v) is 3.57. The standard InChI is InChI=1S/C19H18ClN5OS/c1-11-7-8-13(9-14(11)20)23-18(26)17(12-5-3-2-4-6-12)27-19-24-15(21)10-16(22)25-19/h2-10,17H,1H3,(H,23,26)(H4,21,22,24,25)/t17-/m0/s1. The molecule has 0 spiro atoms. The number of benzene rings is 2. The lowest BCUT2D eigenvalue weighted by Gasteiger charge is -2.17. The molecule has 0 aliphatic heterocycles. The zero-order chi connectivity index (χ0) is 19.4. The zero-order valence-corrected chi connectivity index (χ0v) is 16.1. The number of hydrogen-bond acceptors (Lipinski definition) is 6. The van der Waals surface area contributed by atoms with E-state index in [4.69, 9.17) is 23.1 Å². The first kappa shape index (κ1) is 19.0. The van der Waals surface area contributed by atoms with Gasteiger partial charge in [0.2, 0.25) is 5.91 Å². The number of nitrogens with one attached hydrogen (secondary N) is 1. The molecule has 6 nitrogen and oxygen atoms in total. The Morgan fingerprint density at radius 2 is 1.74 bits per heavy atom. The number of aryl methyl sites for hydroxylation is 1. The molecule has 3 rings (SSSR count). The maximum absolute atomic E-state index is 13.0. The molecule has 0 saturated carbocycles. The van der Waals surface area contributed by atoms with Crippen molar-refractivity contribution in [3.8, 4) is 0 Å². The highest BCUT2D eigenvalue weighted by atomic mass is 35.5. The number of nitrogens with zero attached hydrogens (tertiary/aromatic N) is 2. The van der Waals surface area contributed by atoms with Gasteiger partial charge in [-0.1, -0.05) is 59.8 Å². The highest BCUT2D eigenvalue weighted by Crippen LogP contribution is 2.35. The summed E-state index contributed by atoms with van der Waals surface area (Å²) in [6, 6.07) is 16.2. The van der Waals surface area contributed by atoms with Crippen LogP contribution in [0.15, 0.2) is 59.8 Å². The van der Waals surface area contributed by atoms with Gasteiger partial charge in [0.25, 0.3) is 0 Å². The molecule has 1 amide bonds. The zero-order valence-electron chi connectivity index (χ0n) is 14.5. The molecule has 0 aliphatic carbocycles. The molecule has 0 aliphatic rings. The van der Waals surface area contributed by atoms with Gasteiger partial charge in [-0.25, -0.2) is 9.97 Å². The summed E-state index contributed by atoms with van der Waals surface area (Å²) in [5, 5.41) is 3.22. The Morgan fingerprint density at radius 3 is 2.37 bits per heavy atom. The van der Waals surface area contributed by atoms with Crippen LogP contribution in [-0.2, 0) is 4.79 Å². The topological polar surface area (TPSA) is 107 Å². The Bertz CT molecular complexity index is 947. The van der Waals surface area contributed by atoms with Crippen molar-refractivity contribution >= 4 is 46.6 Å². The molecule has 1 aromatic heterocycles. The number of carbonyl (C=O) groups is 1. The van der Waals surface area contributed by atoms with E-state index in [1.54, 1.807) is 12.1 Å². The second-order valence-corrected chi connectivity index (χ2v) is 7.34. The van der Waals surface area contributed by atoms with E-state index in [-0.39, 0.29) is 17.5 Å². The summed E-state index contributed by atoms with van der Waals surface area (Å²) in [6.45, 7) is 1.90. The number of nitrogen functional groups attached to an aromatic ring is 2. The first-order valence-electron chi connectivity index (χ1n) is 8.11. The molecule has 1 atom stereocenters. The number of halogens is 1. The van der Waals surface area contributed by atoms with Gasteiger partial charge in [0.15, 0.2) is 5.16 Å². The minimum atomic E-state index is -0.590. The predicted molar refractivity (Wildman–Crippen MR) is 111 cm³/mol. The van der Waals surface area contributed by atoms with Crippen LogP contribution >= 0.6 is 23.4 Å². The van der Waals surface area contributed by atoms with Gasteiger partial charge in [-0.3, -0.25) is 4.79 Å². The van der Waals surface area contributed by atoms with Crippen molar-refractivity contribution in [2.75, 3.05) is 16.8 Å². The van der Waals surface area contributed by atoms with Crippen molar-refractivity contribution in [2.45, 2.75) is 17.3 Å². The second kappa shape index (κ2) is 8.28. The van der Waals surface area contributed by atoms with Crippen LogP contribution in [0.1, 0.15) is 16.4 Å². The first-order valence-corrected chi connectivity index (χ1v) is 9.37. The number of aromatic nitrogens is 2. The molecular weight excluding hydrogens is 382 g/mol. The van der Waals surface area contributed by atoms with Gasteiger partial charge in [-0.15, -0.1) is 0 Å². The third kappa shape index (κ3) is 4.90. The van der Waals surface area contributed by atoms with Gasteiger partial charge in [-0.2, -0.15) is 0 Å². The Morgan fingerprint density at radius 1 is 1.07 bits per heavy atom. The molecule has 0 bridgehead atoms. The number of rotatable bonds is 5.